The third-order valence-corrected chi connectivity index (χ3v) is 4.93. The van der Waals surface area contributed by atoms with Gasteiger partial charge in [-0.3, -0.25) is 9.59 Å². The highest BCUT2D eigenvalue weighted by atomic mass is 19.1. The van der Waals surface area contributed by atoms with Gasteiger partial charge >= 0.3 is 0 Å². The molecule has 0 aliphatic carbocycles. The lowest BCUT2D eigenvalue weighted by Crippen LogP contribution is -2.16. The van der Waals surface area contributed by atoms with Gasteiger partial charge < -0.3 is 14.3 Å². The highest BCUT2D eigenvalue weighted by Crippen LogP contribution is 2.38. The summed E-state index contributed by atoms with van der Waals surface area (Å²) in [5.41, 5.74) is 3.34. The first-order chi connectivity index (χ1) is 13.9. The van der Waals surface area contributed by atoms with Crippen LogP contribution in [0.1, 0.15) is 21.6 Å². The van der Waals surface area contributed by atoms with Crippen molar-refractivity contribution in [3.63, 3.8) is 0 Å². The van der Waals surface area contributed by atoms with E-state index in [0.717, 1.165) is 11.1 Å². The van der Waals surface area contributed by atoms with E-state index in [2.05, 4.69) is 4.98 Å². The molecule has 0 saturated carbocycles. The zero-order valence-electron chi connectivity index (χ0n) is 16.2. The zero-order valence-corrected chi connectivity index (χ0v) is 16.2. The predicted molar refractivity (Wildman–Crippen MR) is 110 cm³/mol. The van der Waals surface area contributed by atoms with Crippen LogP contribution in [0, 0.1) is 19.7 Å². The van der Waals surface area contributed by atoms with Gasteiger partial charge in [-0.15, -0.1) is 0 Å². The van der Waals surface area contributed by atoms with E-state index in [1.165, 1.54) is 16.7 Å². The predicted octanol–water partition coefficient (Wildman–Crippen LogP) is 4.89. The van der Waals surface area contributed by atoms with Crippen LogP contribution in [-0.2, 0) is 7.05 Å². The maximum atomic E-state index is 13.7. The minimum Gasteiger partial charge on any atom is -0.456 e. The number of aromatic amines is 1. The van der Waals surface area contributed by atoms with E-state index >= 15 is 0 Å². The second-order valence-electron chi connectivity index (χ2n) is 7.06. The van der Waals surface area contributed by atoms with Crippen LogP contribution in [0.4, 0.5) is 4.39 Å². The molecule has 29 heavy (non-hydrogen) atoms. The van der Waals surface area contributed by atoms with Crippen LogP contribution >= 0.6 is 0 Å². The number of hydrogen-bond donors (Lipinski definition) is 1. The van der Waals surface area contributed by atoms with Crippen LogP contribution < -0.4 is 10.3 Å². The number of H-pyrrole nitrogens is 1. The van der Waals surface area contributed by atoms with Gasteiger partial charge in [-0.1, -0.05) is 18.2 Å². The highest BCUT2D eigenvalue weighted by Gasteiger charge is 2.17. The van der Waals surface area contributed by atoms with Gasteiger partial charge in [0.25, 0.3) is 5.56 Å². The third-order valence-electron chi connectivity index (χ3n) is 4.93. The van der Waals surface area contributed by atoms with Gasteiger partial charge in [-0.05, 0) is 49.2 Å². The molecule has 0 bridgehead atoms. The second kappa shape index (κ2) is 7.05. The van der Waals surface area contributed by atoms with Crippen molar-refractivity contribution in [3.8, 4) is 22.6 Å². The summed E-state index contributed by atoms with van der Waals surface area (Å²) in [5, 5.41) is 0.638. The molecule has 0 amide bonds. The Labute approximate surface area is 166 Å². The zero-order chi connectivity index (χ0) is 20.7. The SMILES string of the molecule is Cc1cc(F)cc(C)c1Oc1ccccc1-c1cn(C)c(=O)c2[nH]c(C=O)cc12. The molecule has 2 aromatic carbocycles. The van der Waals surface area contributed by atoms with E-state index < -0.39 is 0 Å². The van der Waals surface area contributed by atoms with Gasteiger partial charge in [0, 0.05) is 29.8 Å². The van der Waals surface area contributed by atoms with E-state index in [1.54, 1.807) is 33.2 Å². The molecule has 2 heterocycles. The van der Waals surface area contributed by atoms with Crippen LogP contribution in [0.25, 0.3) is 22.0 Å². The molecule has 4 aromatic rings. The van der Waals surface area contributed by atoms with Gasteiger partial charge in [-0.25, -0.2) is 4.39 Å². The highest BCUT2D eigenvalue weighted by molar-refractivity contribution is 5.99. The number of aldehydes is 1. The van der Waals surface area contributed by atoms with Crippen molar-refractivity contribution in [2.45, 2.75) is 13.8 Å². The smallest absolute Gasteiger partial charge is 0.274 e. The van der Waals surface area contributed by atoms with Crippen LogP contribution in [0.15, 0.2) is 53.5 Å². The number of para-hydroxylation sites is 1. The normalized spacial score (nSPS) is 11.0. The Balaban J connectivity index is 1.93. The van der Waals surface area contributed by atoms with Crippen molar-refractivity contribution in [1.82, 2.24) is 9.55 Å². The number of fused-ring (bicyclic) bond motifs is 1. The molecule has 4 rings (SSSR count). The molecule has 5 nitrogen and oxygen atoms in total. The van der Waals surface area contributed by atoms with E-state index in [0.29, 0.717) is 45.5 Å². The van der Waals surface area contributed by atoms with E-state index in [1.807, 2.05) is 24.3 Å². The minimum atomic E-state index is -0.311. The van der Waals surface area contributed by atoms with E-state index in [-0.39, 0.29) is 11.4 Å². The Bertz CT molecular complexity index is 1290. The summed E-state index contributed by atoms with van der Waals surface area (Å²) in [6.07, 6.45) is 2.40. The summed E-state index contributed by atoms with van der Waals surface area (Å²) >= 11 is 0. The largest absolute Gasteiger partial charge is 0.456 e. The molecule has 0 fully saturated rings. The Morgan fingerprint density at radius 2 is 1.76 bits per heavy atom. The number of pyridine rings is 1. The molecule has 0 radical (unpaired) electrons. The maximum Gasteiger partial charge on any atom is 0.274 e. The molecule has 0 aliphatic heterocycles. The molecular formula is C23H19FN2O3. The molecular weight excluding hydrogens is 371 g/mol. The number of benzene rings is 2. The lowest BCUT2D eigenvalue weighted by atomic mass is 10.0. The molecule has 2 aromatic heterocycles. The number of carbonyl (C=O) groups is 1. The standard InChI is InChI=1S/C23H19FN2O3/c1-13-8-15(24)9-14(2)22(13)29-20-7-5-4-6-17(20)19-11-26(3)23(28)21-18(19)10-16(12-27)25-21/h4-12,25H,1-3H3. The number of aryl methyl sites for hydroxylation is 3. The van der Waals surface area contributed by atoms with Crippen molar-refractivity contribution < 1.29 is 13.9 Å². The van der Waals surface area contributed by atoms with E-state index in [4.69, 9.17) is 4.74 Å². The fraction of sp³-hybridized carbons (Fsp3) is 0.130. The number of nitrogens with zero attached hydrogens (tertiary/aromatic N) is 1. The van der Waals surface area contributed by atoms with Gasteiger partial charge in [0.15, 0.2) is 6.29 Å². The molecule has 146 valence electrons. The molecule has 1 N–H and O–H groups in total. The van der Waals surface area contributed by atoms with Crippen molar-refractivity contribution in [3.05, 3.63) is 81.7 Å². The summed E-state index contributed by atoms with van der Waals surface area (Å²) in [7, 11) is 1.66. The molecule has 6 heteroatoms. The number of rotatable bonds is 4. The number of hydrogen-bond acceptors (Lipinski definition) is 3. The minimum absolute atomic E-state index is 0.222. The van der Waals surface area contributed by atoms with E-state index in [9.17, 15) is 14.0 Å². The quantitative estimate of drug-likeness (QED) is 0.505. The van der Waals surface area contributed by atoms with Crippen molar-refractivity contribution >= 4 is 17.2 Å². The summed E-state index contributed by atoms with van der Waals surface area (Å²) in [4.78, 5) is 26.6. The first kappa shape index (κ1) is 18.7. The lowest BCUT2D eigenvalue weighted by Gasteiger charge is -2.16. The van der Waals surface area contributed by atoms with Crippen LogP contribution in [0.3, 0.4) is 0 Å². The summed E-state index contributed by atoms with van der Waals surface area (Å²) < 4.78 is 21.3. The first-order valence-electron chi connectivity index (χ1n) is 9.10. The maximum absolute atomic E-state index is 13.7. The second-order valence-corrected chi connectivity index (χ2v) is 7.06. The fourth-order valence-corrected chi connectivity index (χ4v) is 3.58. The van der Waals surface area contributed by atoms with Crippen molar-refractivity contribution in [2.24, 2.45) is 7.05 Å². The Morgan fingerprint density at radius 1 is 1.07 bits per heavy atom. The Kier molecular flexibility index (Phi) is 4.54. The van der Waals surface area contributed by atoms with Gasteiger partial charge in [-0.2, -0.15) is 0 Å². The van der Waals surface area contributed by atoms with Crippen molar-refractivity contribution in [2.75, 3.05) is 0 Å². The summed E-state index contributed by atoms with van der Waals surface area (Å²) in [6, 6.07) is 11.9. The third kappa shape index (κ3) is 3.23. The number of aromatic nitrogens is 2. The number of nitrogens with one attached hydrogen (secondary N) is 1. The average Bonchev–Trinajstić information content (AvgIpc) is 3.13. The molecule has 0 atom stereocenters. The topological polar surface area (TPSA) is 64.1 Å². The van der Waals surface area contributed by atoms with Crippen LogP contribution in [0.5, 0.6) is 11.5 Å². The average molecular weight is 390 g/mol. The first-order valence-corrected chi connectivity index (χ1v) is 9.10. The monoisotopic (exact) mass is 390 g/mol. The van der Waals surface area contributed by atoms with Gasteiger partial charge in [0.1, 0.15) is 22.8 Å². The lowest BCUT2D eigenvalue weighted by molar-refractivity contribution is 0.112. The van der Waals surface area contributed by atoms with Crippen LogP contribution in [-0.4, -0.2) is 15.8 Å². The number of ether oxygens (including phenoxy) is 1. The molecule has 0 spiro atoms. The van der Waals surface area contributed by atoms with Crippen LogP contribution in [0.2, 0.25) is 0 Å². The van der Waals surface area contributed by atoms with Gasteiger partial charge in [0.05, 0.1) is 5.69 Å². The Hall–Kier alpha value is -3.67. The molecule has 0 unspecified atom stereocenters. The summed E-state index contributed by atoms with van der Waals surface area (Å²) in [5.74, 6) is 0.843. The number of halogens is 1. The molecule has 0 saturated heterocycles. The molecule has 0 aliphatic rings. The number of carbonyl (C=O) groups excluding carboxylic acids is 1. The van der Waals surface area contributed by atoms with Crippen molar-refractivity contribution in [1.29, 1.82) is 0 Å². The fourth-order valence-electron chi connectivity index (χ4n) is 3.58. The Morgan fingerprint density at radius 3 is 2.45 bits per heavy atom. The van der Waals surface area contributed by atoms with Gasteiger partial charge in [0.2, 0.25) is 0 Å². The summed E-state index contributed by atoms with van der Waals surface area (Å²) in [6.45, 7) is 3.59.